The average molecular weight is 276 g/mol. The predicted octanol–water partition coefficient (Wildman–Crippen LogP) is 4.67. The van der Waals surface area contributed by atoms with Gasteiger partial charge in [0.15, 0.2) is 5.17 Å². The molecule has 0 saturated carbocycles. The highest BCUT2D eigenvalue weighted by molar-refractivity contribution is 8.14. The summed E-state index contributed by atoms with van der Waals surface area (Å²) in [5, 5.41) is 4.61. The molecule has 1 aromatic carbocycles. The summed E-state index contributed by atoms with van der Waals surface area (Å²) in [6.45, 7) is 8.96. The van der Waals surface area contributed by atoms with Crippen LogP contribution in [0.15, 0.2) is 29.3 Å². The minimum Gasteiger partial charge on any atom is -0.335 e. The molecule has 3 heteroatoms. The maximum absolute atomic E-state index is 4.79. The summed E-state index contributed by atoms with van der Waals surface area (Å²) in [6, 6.07) is 9.04. The number of aliphatic imine (C=N–C) groups is 1. The molecular weight excluding hydrogens is 252 g/mol. The molecule has 1 N–H and O–H groups in total. The number of amidine groups is 1. The topological polar surface area (TPSA) is 24.4 Å². The van der Waals surface area contributed by atoms with E-state index in [0.717, 1.165) is 11.6 Å². The first-order chi connectivity index (χ1) is 9.00. The van der Waals surface area contributed by atoms with Gasteiger partial charge >= 0.3 is 0 Å². The summed E-state index contributed by atoms with van der Waals surface area (Å²) in [5.41, 5.74) is 2.68. The standard InChI is InChI=1S/C16H24N2S/c1-5-12-10-11-19-15(17-12)18-14-9-7-6-8-13(14)16(2,3)4/h6-9,12H,5,10-11H2,1-4H3,(H,17,18). The van der Waals surface area contributed by atoms with Crippen LogP contribution < -0.4 is 5.32 Å². The van der Waals surface area contributed by atoms with Crippen molar-refractivity contribution in [3.05, 3.63) is 29.8 Å². The molecule has 0 bridgehead atoms. The van der Waals surface area contributed by atoms with Gasteiger partial charge in [0, 0.05) is 11.4 Å². The highest BCUT2D eigenvalue weighted by Crippen LogP contribution is 2.30. The fourth-order valence-corrected chi connectivity index (χ4v) is 3.27. The van der Waals surface area contributed by atoms with E-state index in [2.05, 4.69) is 57.3 Å². The minimum atomic E-state index is 0.146. The molecule has 1 aliphatic heterocycles. The largest absolute Gasteiger partial charge is 0.335 e. The number of thioether (sulfide) groups is 1. The Morgan fingerprint density at radius 1 is 1.32 bits per heavy atom. The molecule has 1 aromatic rings. The third-order valence-corrected chi connectivity index (χ3v) is 4.36. The molecular formula is C16H24N2S. The predicted molar refractivity (Wildman–Crippen MR) is 87.4 cm³/mol. The van der Waals surface area contributed by atoms with Gasteiger partial charge in [0.05, 0.1) is 6.04 Å². The summed E-state index contributed by atoms with van der Waals surface area (Å²) in [7, 11) is 0. The summed E-state index contributed by atoms with van der Waals surface area (Å²) >= 11 is 1.84. The SMILES string of the molecule is CCC1CCSC(Nc2ccccc2C(C)(C)C)=N1. The lowest BCUT2D eigenvalue weighted by Gasteiger charge is -2.25. The first-order valence-electron chi connectivity index (χ1n) is 7.08. The molecule has 0 radical (unpaired) electrons. The molecule has 1 heterocycles. The van der Waals surface area contributed by atoms with E-state index in [-0.39, 0.29) is 5.41 Å². The van der Waals surface area contributed by atoms with E-state index >= 15 is 0 Å². The van der Waals surface area contributed by atoms with Crippen LogP contribution in [0.1, 0.15) is 46.1 Å². The van der Waals surface area contributed by atoms with Crippen LogP contribution in [0, 0.1) is 0 Å². The lowest BCUT2D eigenvalue weighted by Crippen LogP contribution is -2.22. The van der Waals surface area contributed by atoms with Gasteiger partial charge in [0.2, 0.25) is 0 Å². The zero-order valence-corrected chi connectivity index (χ0v) is 13.2. The van der Waals surface area contributed by atoms with Crippen molar-refractivity contribution < 1.29 is 0 Å². The number of nitrogens with one attached hydrogen (secondary N) is 1. The van der Waals surface area contributed by atoms with Crippen molar-refractivity contribution in [2.75, 3.05) is 11.1 Å². The maximum Gasteiger partial charge on any atom is 0.161 e. The molecule has 1 atom stereocenters. The normalized spacial score (nSPS) is 20.0. The van der Waals surface area contributed by atoms with E-state index in [1.54, 1.807) is 0 Å². The van der Waals surface area contributed by atoms with E-state index in [1.807, 2.05) is 11.8 Å². The van der Waals surface area contributed by atoms with Crippen molar-refractivity contribution in [3.8, 4) is 0 Å². The molecule has 0 fully saturated rings. The number of anilines is 1. The van der Waals surface area contributed by atoms with Gasteiger partial charge in [0.25, 0.3) is 0 Å². The Bertz CT molecular complexity index is 460. The molecule has 0 spiro atoms. The van der Waals surface area contributed by atoms with Gasteiger partial charge in [-0.05, 0) is 29.9 Å². The van der Waals surface area contributed by atoms with E-state index in [1.165, 1.54) is 23.4 Å². The van der Waals surface area contributed by atoms with Crippen LogP contribution >= 0.6 is 11.8 Å². The van der Waals surface area contributed by atoms with Crippen molar-refractivity contribution in [1.29, 1.82) is 0 Å². The zero-order chi connectivity index (χ0) is 13.9. The van der Waals surface area contributed by atoms with E-state index in [9.17, 15) is 0 Å². The van der Waals surface area contributed by atoms with Crippen LogP contribution in [0.5, 0.6) is 0 Å². The lowest BCUT2D eigenvalue weighted by molar-refractivity contribution is 0.592. The first-order valence-corrected chi connectivity index (χ1v) is 8.06. The van der Waals surface area contributed by atoms with E-state index in [0.29, 0.717) is 6.04 Å². The second-order valence-electron chi connectivity index (χ2n) is 6.05. The molecule has 1 unspecified atom stereocenters. The molecule has 19 heavy (non-hydrogen) atoms. The van der Waals surface area contributed by atoms with Gasteiger partial charge in [-0.25, -0.2) is 0 Å². The van der Waals surface area contributed by atoms with Crippen LogP contribution in [-0.4, -0.2) is 17.0 Å². The van der Waals surface area contributed by atoms with Crippen LogP contribution in [0.4, 0.5) is 5.69 Å². The van der Waals surface area contributed by atoms with Crippen LogP contribution in [0.25, 0.3) is 0 Å². The van der Waals surface area contributed by atoms with E-state index < -0.39 is 0 Å². The second kappa shape index (κ2) is 6.00. The highest BCUT2D eigenvalue weighted by Gasteiger charge is 2.19. The molecule has 0 aromatic heterocycles. The average Bonchev–Trinajstić information content (AvgIpc) is 2.38. The zero-order valence-electron chi connectivity index (χ0n) is 12.4. The third-order valence-electron chi connectivity index (χ3n) is 3.44. The molecule has 0 aliphatic carbocycles. The number of rotatable bonds is 2. The first kappa shape index (κ1) is 14.4. The Labute approximate surface area is 121 Å². The van der Waals surface area contributed by atoms with Gasteiger partial charge in [0.1, 0.15) is 0 Å². The number of para-hydroxylation sites is 1. The number of nitrogens with zero attached hydrogens (tertiary/aromatic N) is 1. The van der Waals surface area contributed by atoms with Crippen molar-refractivity contribution in [1.82, 2.24) is 0 Å². The van der Waals surface area contributed by atoms with E-state index in [4.69, 9.17) is 4.99 Å². The monoisotopic (exact) mass is 276 g/mol. The number of benzene rings is 1. The highest BCUT2D eigenvalue weighted by atomic mass is 32.2. The lowest BCUT2D eigenvalue weighted by atomic mass is 9.86. The van der Waals surface area contributed by atoms with Crippen molar-refractivity contribution in [2.24, 2.45) is 4.99 Å². The molecule has 0 saturated heterocycles. The smallest absolute Gasteiger partial charge is 0.161 e. The fourth-order valence-electron chi connectivity index (χ4n) is 2.28. The van der Waals surface area contributed by atoms with Crippen LogP contribution in [0.2, 0.25) is 0 Å². The van der Waals surface area contributed by atoms with Crippen LogP contribution in [-0.2, 0) is 5.41 Å². The summed E-state index contributed by atoms with van der Waals surface area (Å²) < 4.78 is 0. The molecule has 0 amide bonds. The Kier molecular flexibility index (Phi) is 4.56. The maximum atomic E-state index is 4.79. The van der Waals surface area contributed by atoms with Crippen LogP contribution in [0.3, 0.4) is 0 Å². The number of hydrogen-bond acceptors (Lipinski definition) is 3. The summed E-state index contributed by atoms with van der Waals surface area (Å²) in [5.74, 6) is 1.17. The van der Waals surface area contributed by atoms with Gasteiger partial charge in [-0.2, -0.15) is 0 Å². The quantitative estimate of drug-likeness (QED) is 0.849. The Balaban J connectivity index is 2.22. The second-order valence-corrected chi connectivity index (χ2v) is 7.14. The van der Waals surface area contributed by atoms with Crippen molar-refractivity contribution in [3.63, 3.8) is 0 Å². The molecule has 1 aliphatic rings. The van der Waals surface area contributed by atoms with Gasteiger partial charge in [-0.15, -0.1) is 0 Å². The summed E-state index contributed by atoms with van der Waals surface area (Å²) in [6.07, 6.45) is 2.33. The van der Waals surface area contributed by atoms with Crippen molar-refractivity contribution >= 4 is 22.6 Å². The van der Waals surface area contributed by atoms with Crippen molar-refractivity contribution in [2.45, 2.75) is 52.0 Å². The summed E-state index contributed by atoms with van der Waals surface area (Å²) in [4.78, 5) is 4.79. The van der Waals surface area contributed by atoms with Gasteiger partial charge in [-0.3, -0.25) is 4.99 Å². The Morgan fingerprint density at radius 2 is 2.05 bits per heavy atom. The fraction of sp³-hybridized carbons (Fsp3) is 0.562. The van der Waals surface area contributed by atoms with Gasteiger partial charge in [-0.1, -0.05) is 57.7 Å². The third kappa shape index (κ3) is 3.75. The Morgan fingerprint density at radius 3 is 2.74 bits per heavy atom. The van der Waals surface area contributed by atoms with Gasteiger partial charge < -0.3 is 5.32 Å². The molecule has 2 nitrogen and oxygen atoms in total. The molecule has 2 rings (SSSR count). The number of hydrogen-bond donors (Lipinski definition) is 1. The molecule has 104 valence electrons. The Hall–Kier alpha value is -0.960. The minimum absolute atomic E-state index is 0.146.